The summed E-state index contributed by atoms with van der Waals surface area (Å²) in [5.74, 6) is 0.565. The zero-order chi connectivity index (χ0) is 27.8. The van der Waals surface area contributed by atoms with E-state index in [-0.39, 0.29) is 18.4 Å². The summed E-state index contributed by atoms with van der Waals surface area (Å²) in [5, 5.41) is 2.95. The van der Waals surface area contributed by atoms with Crippen LogP contribution in [-0.4, -0.2) is 71.5 Å². The second-order valence-corrected chi connectivity index (χ2v) is 9.56. The van der Waals surface area contributed by atoms with Crippen molar-refractivity contribution in [2.75, 3.05) is 45.7 Å². The van der Waals surface area contributed by atoms with E-state index in [9.17, 15) is 9.59 Å². The van der Waals surface area contributed by atoms with Gasteiger partial charge in [-0.05, 0) is 52.2 Å². The van der Waals surface area contributed by atoms with Crippen LogP contribution in [-0.2, 0) is 4.79 Å². The first-order valence-corrected chi connectivity index (χ1v) is 13.0. The molecule has 2 amide bonds. The number of amides is 2. The lowest BCUT2D eigenvalue weighted by Gasteiger charge is -2.24. The molecule has 39 heavy (non-hydrogen) atoms. The van der Waals surface area contributed by atoms with E-state index in [1.165, 1.54) is 0 Å². The molecule has 0 aliphatic rings. The number of benzene rings is 3. The van der Waals surface area contributed by atoms with Crippen molar-refractivity contribution in [1.29, 1.82) is 0 Å². The van der Waals surface area contributed by atoms with Crippen molar-refractivity contribution in [2.24, 2.45) is 0 Å². The summed E-state index contributed by atoms with van der Waals surface area (Å²) in [6, 6.07) is 24.8. The number of imidazole rings is 1. The fourth-order valence-electron chi connectivity index (χ4n) is 4.09. The third-order valence-electron chi connectivity index (χ3n) is 6.17. The van der Waals surface area contributed by atoms with Gasteiger partial charge in [-0.25, -0.2) is 4.98 Å². The van der Waals surface area contributed by atoms with Crippen LogP contribution in [0.15, 0.2) is 85.1 Å². The lowest BCUT2D eigenvalue weighted by atomic mass is 10.1. The normalized spacial score (nSPS) is 10.9. The van der Waals surface area contributed by atoms with Crippen molar-refractivity contribution >= 4 is 17.8 Å². The van der Waals surface area contributed by atoms with E-state index in [1.807, 2.05) is 110 Å². The van der Waals surface area contributed by atoms with Crippen LogP contribution in [0.3, 0.4) is 0 Å². The maximum absolute atomic E-state index is 13.4. The minimum atomic E-state index is -0.332. The largest absolute Gasteiger partial charge is 0.494 e. The van der Waals surface area contributed by atoms with Crippen LogP contribution in [0.2, 0.25) is 0 Å². The molecule has 0 radical (unpaired) electrons. The molecule has 1 heterocycles. The third kappa shape index (κ3) is 7.33. The van der Waals surface area contributed by atoms with Crippen molar-refractivity contribution in [3.8, 4) is 22.7 Å². The Balaban J connectivity index is 1.62. The maximum atomic E-state index is 13.4. The zero-order valence-corrected chi connectivity index (χ0v) is 22.9. The van der Waals surface area contributed by atoms with Gasteiger partial charge in [0.2, 0.25) is 11.9 Å². The lowest BCUT2D eigenvalue weighted by Crippen LogP contribution is -2.41. The van der Waals surface area contributed by atoms with E-state index in [1.54, 1.807) is 17.0 Å². The van der Waals surface area contributed by atoms with Crippen molar-refractivity contribution in [1.82, 2.24) is 19.4 Å². The van der Waals surface area contributed by atoms with Gasteiger partial charge in [-0.1, -0.05) is 54.1 Å². The molecule has 8 heteroatoms. The third-order valence-corrected chi connectivity index (χ3v) is 6.17. The highest BCUT2D eigenvalue weighted by Crippen LogP contribution is 2.26. The Morgan fingerprint density at radius 3 is 2.38 bits per heavy atom. The van der Waals surface area contributed by atoms with Gasteiger partial charge in [-0.2, -0.15) is 0 Å². The fraction of sp³-hybridized carbons (Fsp3) is 0.258. The van der Waals surface area contributed by atoms with Gasteiger partial charge in [0.15, 0.2) is 0 Å². The van der Waals surface area contributed by atoms with Crippen LogP contribution in [0, 0.1) is 6.92 Å². The molecule has 0 saturated heterocycles. The number of likely N-dealkylation sites (N-methyl/N-ethyl adjacent to an activating group) is 1. The summed E-state index contributed by atoms with van der Waals surface area (Å²) in [6.07, 6.45) is 1.89. The number of nitrogens with zero attached hydrogens (tertiary/aromatic N) is 4. The van der Waals surface area contributed by atoms with Crippen LogP contribution in [0.25, 0.3) is 16.9 Å². The Morgan fingerprint density at radius 2 is 1.69 bits per heavy atom. The van der Waals surface area contributed by atoms with Gasteiger partial charge in [0, 0.05) is 36.5 Å². The molecule has 8 nitrogen and oxygen atoms in total. The molecular formula is C31H35N5O3. The van der Waals surface area contributed by atoms with Gasteiger partial charge < -0.3 is 14.5 Å². The molecule has 0 spiro atoms. The van der Waals surface area contributed by atoms with E-state index in [0.29, 0.717) is 36.9 Å². The average molecular weight is 526 g/mol. The van der Waals surface area contributed by atoms with E-state index in [4.69, 9.17) is 9.72 Å². The van der Waals surface area contributed by atoms with Crippen LogP contribution < -0.4 is 10.1 Å². The SMILES string of the molecule is CCOc1cccc(-n2cc(-c3ccccc3)nc2NC(=O)CN(CCN(C)C)C(=O)c2ccc(C)cc2)c1. The first-order valence-electron chi connectivity index (χ1n) is 13.0. The number of nitrogens with one attached hydrogen (secondary N) is 1. The number of rotatable bonds is 11. The Bertz CT molecular complexity index is 1400. The number of aryl methyl sites for hydroxylation is 1. The second-order valence-electron chi connectivity index (χ2n) is 9.56. The van der Waals surface area contributed by atoms with E-state index in [0.717, 1.165) is 22.6 Å². The molecule has 4 aromatic rings. The molecule has 1 N–H and O–H groups in total. The summed E-state index contributed by atoms with van der Waals surface area (Å²) in [4.78, 5) is 35.0. The molecule has 0 saturated carbocycles. The van der Waals surface area contributed by atoms with Gasteiger partial charge in [-0.15, -0.1) is 0 Å². The first kappa shape index (κ1) is 27.6. The summed E-state index contributed by atoms with van der Waals surface area (Å²) in [5.41, 5.74) is 4.06. The number of hydrogen-bond donors (Lipinski definition) is 1. The number of aromatic nitrogens is 2. The molecular weight excluding hydrogens is 490 g/mol. The van der Waals surface area contributed by atoms with Crippen LogP contribution in [0.4, 0.5) is 5.95 Å². The minimum absolute atomic E-state index is 0.104. The number of hydrogen-bond acceptors (Lipinski definition) is 5. The minimum Gasteiger partial charge on any atom is -0.494 e. The van der Waals surface area contributed by atoms with Crippen molar-refractivity contribution < 1.29 is 14.3 Å². The Morgan fingerprint density at radius 1 is 0.949 bits per heavy atom. The molecule has 0 bridgehead atoms. The average Bonchev–Trinajstić information content (AvgIpc) is 3.35. The molecule has 0 fully saturated rings. The summed E-state index contributed by atoms with van der Waals surface area (Å²) in [7, 11) is 3.87. The van der Waals surface area contributed by atoms with Crippen molar-refractivity contribution in [3.05, 3.63) is 96.2 Å². The number of ether oxygens (including phenoxy) is 1. The smallest absolute Gasteiger partial charge is 0.254 e. The molecule has 0 unspecified atom stereocenters. The summed E-state index contributed by atoms with van der Waals surface area (Å²) >= 11 is 0. The Labute approximate surface area is 229 Å². The quantitative estimate of drug-likeness (QED) is 0.302. The predicted octanol–water partition coefficient (Wildman–Crippen LogP) is 4.89. The van der Waals surface area contributed by atoms with E-state index >= 15 is 0 Å². The van der Waals surface area contributed by atoms with Gasteiger partial charge in [0.05, 0.1) is 18.0 Å². The Hall–Kier alpha value is -4.43. The van der Waals surface area contributed by atoms with Gasteiger partial charge in [0.25, 0.3) is 5.91 Å². The highest BCUT2D eigenvalue weighted by molar-refractivity contribution is 5.99. The molecule has 0 aliphatic heterocycles. The van der Waals surface area contributed by atoms with Gasteiger partial charge in [-0.3, -0.25) is 19.5 Å². The lowest BCUT2D eigenvalue weighted by molar-refractivity contribution is -0.117. The van der Waals surface area contributed by atoms with Crippen LogP contribution in [0.5, 0.6) is 5.75 Å². The number of anilines is 1. The number of carbonyl (C=O) groups excluding carboxylic acids is 2. The van der Waals surface area contributed by atoms with E-state index in [2.05, 4.69) is 5.32 Å². The van der Waals surface area contributed by atoms with Crippen LogP contribution >= 0.6 is 0 Å². The number of carbonyl (C=O) groups is 2. The molecule has 202 valence electrons. The highest BCUT2D eigenvalue weighted by atomic mass is 16.5. The highest BCUT2D eigenvalue weighted by Gasteiger charge is 2.21. The Kier molecular flexibility index (Phi) is 9.12. The molecule has 4 rings (SSSR count). The molecule has 1 aromatic heterocycles. The molecule has 0 aliphatic carbocycles. The molecule has 0 atom stereocenters. The van der Waals surface area contributed by atoms with E-state index < -0.39 is 0 Å². The predicted molar refractivity (Wildman–Crippen MR) is 154 cm³/mol. The van der Waals surface area contributed by atoms with Gasteiger partial charge in [0.1, 0.15) is 12.3 Å². The van der Waals surface area contributed by atoms with Crippen molar-refractivity contribution in [2.45, 2.75) is 13.8 Å². The summed E-state index contributed by atoms with van der Waals surface area (Å²) < 4.78 is 7.51. The van der Waals surface area contributed by atoms with Crippen LogP contribution in [0.1, 0.15) is 22.8 Å². The monoisotopic (exact) mass is 525 g/mol. The molecule has 3 aromatic carbocycles. The van der Waals surface area contributed by atoms with Gasteiger partial charge >= 0.3 is 0 Å². The summed E-state index contributed by atoms with van der Waals surface area (Å²) in [6.45, 7) is 5.39. The first-order chi connectivity index (χ1) is 18.8. The topological polar surface area (TPSA) is 79.7 Å². The zero-order valence-electron chi connectivity index (χ0n) is 22.9. The standard InChI is InChI=1S/C31H35N5O3/c1-5-39-27-13-9-12-26(20-27)36-21-28(24-10-7-6-8-11-24)32-31(36)33-29(37)22-35(19-18-34(3)4)30(38)25-16-14-23(2)15-17-25/h6-17,20-21H,5,18-19,22H2,1-4H3,(H,32,33,37). The maximum Gasteiger partial charge on any atom is 0.254 e. The second kappa shape index (κ2) is 12.9. The van der Waals surface area contributed by atoms with Crippen molar-refractivity contribution in [3.63, 3.8) is 0 Å². The fourth-order valence-corrected chi connectivity index (χ4v) is 4.09.